The first kappa shape index (κ1) is 14.5. The first-order chi connectivity index (χ1) is 8.54. The molecule has 0 heterocycles. The highest BCUT2D eigenvalue weighted by atomic mass is 16.5. The third-order valence-electron chi connectivity index (χ3n) is 2.57. The van der Waals surface area contributed by atoms with Crippen LogP contribution in [0.5, 0.6) is 5.75 Å². The lowest BCUT2D eigenvalue weighted by Gasteiger charge is -2.19. The fourth-order valence-corrected chi connectivity index (χ4v) is 1.49. The number of anilines is 1. The minimum Gasteiger partial charge on any atom is -0.494 e. The van der Waals surface area contributed by atoms with Crippen LogP contribution >= 0.6 is 0 Å². The van der Waals surface area contributed by atoms with E-state index in [9.17, 15) is 4.79 Å². The molecule has 0 fully saturated rings. The topological polar surface area (TPSA) is 41.6 Å². The van der Waals surface area contributed by atoms with Crippen LogP contribution in [0.3, 0.4) is 0 Å². The third kappa shape index (κ3) is 4.37. The van der Waals surface area contributed by atoms with E-state index >= 15 is 0 Å². The summed E-state index contributed by atoms with van der Waals surface area (Å²) in [5.41, 5.74) is 0.869. The van der Waals surface area contributed by atoms with Gasteiger partial charge in [0.15, 0.2) is 0 Å². The van der Waals surface area contributed by atoms with Crippen molar-refractivity contribution in [2.45, 2.75) is 26.8 Å². The lowest BCUT2D eigenvalue weighted by molar-refractivity contribution is -0.117. The van der Waals surface area contributed by atoms with E-state index in [0.717, 1.165) is 11.4 Å². The van der Waals surface area contributed by atoms with Gasteiger partial charge in [-0.25, -0.2) is 0 Å². The van der Waals surface area contributed by atoms with E-state index in [2.05, 4.69) is 5.32 Å². The number of likely N-dealkylation sites (N-methyl/N-ethyl adjacent to an activating group) is 1. The lowest BCUT2D eigenvalue weighted by Crippen LogP contribution is -2.38. The van der Waals surface area contributed by atoms with Gasteiger partial charge in [0, 0.05) is 18.8 Å². The molecule has 0 spiro atoms. The highest BCUT2D eigenvalue weighted by Crippen LogP contribution is 2.18. The van der Waals surface area contributed by atoms with Gasteiger partial charge in [0.2, 0.25) is 5.91 Å². The number of rotatable bonds is 6. The molecule has 0 aromatic heterocycles. The van der Waals surface area contributed by atoms with Gasteiger partial charge >= 0.3 is 0 Å². The van der Waals surface area contributed by atoms with E-state index in [-0.39, 0.29) is 5.91 Å². The molecule has 0 aliphatic carbocycles. The fraction of sp³-hybridized carbons (Fsp3) is 0.500. The van der Waals surface area contributed by atoms with Crippen molar-refractivity contribution < 1.29 is 9.53 Å². The Bertz CT molecular complexity index is 374. The first-order valence-electron chi connectivity index (χ1n) is 6.27. The van der Waals surface area contributed by atoms with Crippen LogP contribution in [0.1, 0.15) is 20.8 Å². The molecule has 0 unspecified atom stereocenters. The Morgan fingerprint density at radius 3 is 2.44 bits per heavy atom. The van der Waals surface area contributed by atoms with E-state index < -0.39 is 0 Å². The summed E-state index contributed by atoms with van der Waals surface area (Å²) in [6.45, 7) is 6.98. The second kappa shape index (κ2) is 7.01. The maximum Gasteiger partial charge on any atom is 0.240 e. The fourth-order valence-electron chi connectivity index (χ4n) is 1.49. The Morgan fingerprint density at radius 2 is 1.94 bits per heavy atom. The molecular weight excluding hydrogens is 228 g/mol. The van der Waals surface area contributed by atoms with Gasteiger partial charge in [0.25, 0.3) is 0 Å². The minimum atomic E-state index is 0.0489. The molecule has 0 aliphatic rings. The molecule has 4 heteroatoms. The minimum absolute atomic E-state index is 0.0489. The Hall–Kier alpha value is -1.55. The Kier molecular flexibility index (Phi) is 5.65. The van der Waals surface area contributed by atoms with Crippen LogP contribution in [0, 0.1) is 0 Å². The van der Waals surface area contributed by atoms with E-state index in [1.54, 1.807) is 11.9 Å². The van der Waals surface area contributed by atoms with Crippen LogP contribution in [-0.2, 0) is 4.79 Å². The molecule has 1 aromatic carbocycles. The zero-order valence-corrected chi connectivity index (χ0v) is 11.6. The lowest BCUT2D eigenvalue weighted by atomic mass is 10.2. The molecule has 100 valence electrons. The maximum absolute atomic E-state index is 11.9. The van der Waals surface area contributed by atoms with Gasteiger partial charge in [-0.15, -0.1) is 0 Å². The van der Waals surface area contributed by atoms with Crippen molar-refractivity contribution in [2.75, 3.05) is 25.1 Å². The van der Waals surface area contributed by atoms with E-state index in [1.165, 1.54) is 0 Å². The molecule has 0 saturated heterocycles. The van der Waals surface area contributed by atoms with E-state index in [0.29, 0.717) is 19.2 Å². The van der Waals surface area contributed by atoms with Crippen LogP contribution in [-0.4, -0.2) is 32.1 Å². The number of benzene rings is 1. The summed E-state index contributed by atoms with van der Waals surface area (Å²) in [7, 11) is 1.78. The van der Waals surface area contributed by atoms with E-state index in [1.807, 2.05) is 45.0 Å². The Labute approximate surface area is 109 Å². The Morgan fingerprint density at radius 1 is 1.33 bits per heavy atom. The third-order valence-corrected chi connectivity index (χ3v) is 2.57. The monoisotopic (exact) mass is 250 g/mol. The number of carbonyl (C=O) groups excluding carboxylic acids is 1. The Balaban J connectivity index is 2.60. The van der Waals surface area contributed by atoms with Crippen LogP contribution < -0.4 is 15.0 Å². The molecular formula is C14H22N2O2. The summed E-state index contributed by atoms with van der Waals surface area (Å²) in [5, 5.41) is 3.11. The quantitative estimate of drug-likeness (QED) is 0.840. The summed E-state index contributed by atoms with van der Waals surface area (Å²) in [4.78, 5) is 13.5. The van der Waals surface area contributed by atoms with Gasteiger partial charge < -0.3 is 15.0 Å². The number of amides is 1. The molecule has 1 amide bonds. The normalized spacial score (nSPS) is 10.5. The molecule has 1 rings (SSSR count). The zero-order chi connectivity index (χ0) is 13.5. The van der Waals surface area contributed by atoms with Gasteiger partial charge in [0.1, 0.15) is 5.75 Å². The zero-order valence-electron chi connectivity index (χ0n) is 11.6. The predicted octanol–water partition coefficient (Wildman–Crippen LogP) is 2.05. The molecule has 18 heavy (non-hydrogen) atoms. The van der Waals surface area contributed by atoms with Crippen molar-refractivity contribution in [3.63, 3.8) is 0 Å². The maximum atomic E-state index is 11.9. The highest BCUT2D eigenvalue weighted by Gasteiger charge is 2.10. The largest absolute Gasteiger partial charge is 0.494 e. The van der Waals surface area contributed by atoms with Crippen LogP contribution in [0.4, 0.5) is 5.69 Å². The number of nitrogens with zero attached hydrogens (tertiary/aromatic N) is 1. The van der Waals surface area contributed by atoms with Gasteiger partial charge in [-0.2, -0.15) is 0 Å². The molecule has 0 atom stereocenters. The molecule has 4 nitrogen and oxygen atoms in total. The summed E-state index contributed by atoms with van der Waals surface area (Å²) in [5.74, 6) is 0.871. The second-order valence-corrected chi connectivity index (χ2v) is 4.42. The summed E-state index contributed by atoms with van der Waals surface area (Å²) in [6, 6.07) is 7.83. The predicted molar refractivity (Wildman–Crippen MR) is 74.2 cm³/mol. The summed E-state index contributed by atoms with van der Waals surface area (Å²) in [6.07, 6.45) is 0. The SMILES string of the molecule is CCOc1ccc(N(C)C(=O)CNC(C)C)cc1. The smallest absolute Gasteiger partial charge is 0.240 e. The van der Waals surface area contributed by atoms with Crippen molar-refractivity contribution in [1.29, 1.82) is 0 Å². The van der Waals surface area contributed by atoms with Crippen LogP contribution in [0.2, 0.25) is 0 Å². The standard InChI is InChI=1S/C14H22N2O2/c1-5-18-13-8-6-12(7-9-13)16(4)14(17)10-15-11(2)3/h6-9,11,15H,5,10H2,1-4H3. The van der Waals surface area contributed by atoms with Crippen molar-refractivity contribution in [3.8, 4) is 5.75 Å². The van der Waals surface area contributed by atoms with Gasteiger partial charge in [-0.1, -0.05) is 13.8 Å². The van der Waals surface area contributed by atoms with Crippen LogP contribution in [0.15, 0.2) is 24.3 Å². The average Bonchev–Trinajstić information content (AvgIpc) is 2.36. The van der Waals surface area contributed by atoms with Gasteiger partial charge in [-0.05, 0) is 31.2 Å². The summed E-state index contributed by atoms with van der Waals surface area (Å²) < 4.78 is 5.36. The number of nitrogens with one attached hydrogen (secondary N) is 1. The molecule has 0 radical (unpaired) electrons. The molecule has 1 N–H and O–H groups in total. The highest BCUT2D eigenvalue weighted by molar-refractivity contribution is 5.94. The first-order valence-corrected chi connectivity index (χ1v) is 6.27. The molecule has 0 aliphatic heterocycles. The van der Waals surface area contributed by atoms with Crippen molar-refractivity contribution in [1.82, 2.24) is 5.32 Å². The average molecular weight is 250 g/mol. The molecule has 0 bridgehead atoms. The number of hydrogen-bond acceptors (Lipinski definition) is 3. The van der Waals surface area contributed by atoms with Crippen LogP contribution in [0.25, 0.3) is 0 Å². The van der Waals surface area contributed by atoms with Gasteiger partial charge in [0.05, 0.1) is 13.2 Å². The number of hydrogen-bond donors (Lipinski definition) is 1. The summed E-state index contributed by atoms with van der Waals surface area (Å²) >= 11 is 0. The number of carbonyl (C=O) groups is 1. The molecule has 1 aromatic rings. The number of ether oxygens (including phenoxy) is 1. The van der Waals surface area contributed by atoms with Crippen molar-refractivity contribution in [3.05, 3.63) is 24.3 Å². The second-order valence-electron chi connectivity index (χ2n) is 4.42. The van der Waals surface area contributed by atoms with Crippen molar-refractivity contribution in [2.24, 2.45) is 0 Å². The van der Waals surface area contributed by atoms with E-state index in [4.69, 9.17) is 4.74 Å². The van der Waals surface area contributed by atoms with Gasteiger partial charge in [-0.3, -0.25) is 4.79 Å². The van der Waals surface area contributed by atoms with Crippen molar-refractivity contribution >= 4 is 11.6 Å². The molecule has 0 saturated carbocycles.